The molecule has 96 valence electrons. The van der Waals surface area contributed by atoms with Gasteiger partial charge in [-0.1, -0.05) is 11.3 Å². The smallest absolute Gasteiger partial charge is 0.336 e. The Bertz CT molecular complexity index is 757. The highest BCUT2D eigenvalue weighted by Crippen LogP contribution is 2.21. The molecule has 0 saturated carbocycles. The normalized spacial score (nSPS) is 11.0. The quantitative estimate of drug-likeness (QED) is 0.771. The van der Waals surface area contributed by atoms with E-state index in [2.05, 4.69) is 10.3 Å². The van der Waals surface area contributed by atoms with E-state index in [-0.39, 0.29) is 0 Å². The lowest BCUT2D eigenvalue weighted by molar-refractivity contribution is 0.0699. The minimum absolute atomic E-state index is 0.315. The number of carboxylic acid groups (broad SMARTS) is 1. The zero-order chi connectivity index (χ0) is 13.4. The summed E-state index contributed by atoms with van der Waals surface area (Å²) in [4.78, 5) is 11.2. The first-order chi connectivity index (χ1) is 9.15. The maximum Gasteiger partial charge on any atom is 0.336 e. The largest absolute Gasteiger partial charge is 0.478 e. The lowest BCUT2D eigenvalue weighted by Gasteiger charge is -2.03. The van der Waals surface area contributed by atoms with Crippen LogP contribution in [0.3, 0.4) is 0 Å². The number of rotatable bonds is 3. The monoisotopic (exact) mass is 256 g/mol. The van der Waals surface area contributed by atoms with Crippen LogP contribution in [0.25, 0.3) is 10.9 Å². The fourth-order valence-electron chi connectivity index (χ4n) is 2.19. The fourth-order valence-corrected chi connectivity index (χ4v) is 2.19. The number of aryl methyl sites for hydroxylation is 1. The third-order valence-corrected chi connectivity index (χ3v) is 3.03. The van der Waals surface area contributed by atoms with Crippen LogP contribution in [0.2, 0.25) is 0 Å². The van der Waals surface area contributed by atoms with Crippen molar-refractivity contribution in [2.45, 2.75) is 6.54 Å². The molecule has 1 N–H and O–H groups in total. The number of aromatic nitrogens is 4. The third-order valence-electron chi connectivity index (χ3n) is 3.03. The van der Waals surface area contributed by atoms with E-state index < -0.39 is 5.97 Å². The van der Waals surface area contributed by atoms with Crippen LogP contribution in [0.1, 0.15) is 16.1 Å². The average Bonchev–Trinajstić information content (AvgIpc) is 2.97. The summed E-state index contributed by atoms with van der Waals surface area (Å²) < 4.78 is 3.61. The predicted octanol–water partition coefficient (Wildman–Crippen LogP) is 1.52. The van der Waals surface area contributed by atoms with E-state index in [1.807, 2.05) is 36.1 Å². The van der Waals surface area contributed by atoms with Crippen molar-refractivity contribution >= 4 is 16.9 Å². The summed E-state index contributed by atoms with van der Waals surface area (Å²) in [5.74, 6) is -0.914. The van der Waals surface area contributed by atoms with Crippen LogP contribution in [0, 0.1) is 0 Å². The van der Waals surface area contributed by atoms with E-state index in [0.29, 0.717) is 12.1 Å². The number of hydrogen-bond acceptors (Lipinski definition) is 3. The molecule has 0 radical (unpaired) electrons. The molecule has 0 aliphatic carbocycles. The summed E-state index contributed by atoms with van der Waals surface area (Å²) in [6, 6.07) is 7.07. The van der Waals surface area contributed by atoms with E-state index in [9.17, 15) is 4.79 Å². The second-order valence-corrected chi connectivity index (χ2v) is 4.37. The second kappa shape index (κ2) is 4.24. The zero-order valence-electron chi connectivity index (χ0n) is 10.3. The highest BCUT2D eigenvalue weighted by atomic mass is 16.4. The van der Waals surface area contributed by atoms with Gasteiger partial charge in [-0.25, -0.2) is 4.79 Å². The minimum atomic E-state index is -0.914. The number of fused-ring (bicyclic) bond motifs is 1. The Morgan fingerprint density at radius 2 is 2.21 bits per heavy atom. The van der Waals surface area contributed by atoms with Crippen molar-refractivity contribution in [2.24, 2.45) is 7.05 Å². The molecule has 6 heteroatoms. The zero-order valence-corrected chi connectivity index (χ0v) is 10.3. The summed E-state index contributed by atoms with van der Waals surface area (Å²) >= 11 is 0. The van der Waals surface area contributed by atoms with Crippen LogP contribution in [-0.4, -0.2) is 30.6 Å². The first-order valence-electron chi connectivity index (χ1n) is 5.81. The molecule has 0 saturated heterocycles. The molecular formula is C13H12N4O2. The van der Waals surface area contributed by atoms with Crippen LogP contribution in [0.15, 0.2) is 36.7 Å². The molecule has 3 aromatic rings. The summed E-state index contributed by atoms with van der Waals surface area (Å²) in [5, 5.41) is 17.8. The third kappa shape index (κ3) is 1.97. The van der Waals surface area contributed by atoms with E-state index >= 15 is 0 Å². The van der Waals surface area contributed by atoms with Gasteiger partial charge in [0.05, 0.1) is 12.1 Å². The van der Waals surface area contributed by atoms with Gasteiger partial charge in [-0.05, 0) is 18.2 Å². The van der Waals surface area contributed by atoms with Gasteiger partial charge in [-0.3, -0.25) is 4.68 Å². The van der Waals surface area contributed by atoms with Crippen molar-refractivity contribution in [1.29, 1.82) is 0 Å². The number of benzene rings is 1. The van der Waals surface area contributed by atoms with Crippen LogP contribution in [0.5, 0.6) is 0 Å². The molecule has 0 unspecified atom stereocenters. The van der Waals surface area contributed by atoms with Crippen molar-refractivity contribution in [3.05, 3.63) is 47.9 Å². The molecule has 0 fully saturated rings. The maximum atomic E-state index is 11.2. The Labute approximate surface area is 108 Å². The van der Waals surface area contributed by atoms with Gasteiger partial charge in [-0.15, -0.1) is 5.10 Å². The van der Waals surface area contributed by atoms with Crippen molar-refractivity contribution < 1.29 is 9.90 Å². The molecule has 0 spiro atoms. The first-order valence-corrected chi connectivity index (χ1v) is 5.81. The van der Waals surface area contributed by atoms with Gasteiger partial charge in [0.15, 0.2) is 0 Å². The van der Waals surface area contributed by atoms with Crippen molar-refractivity contribution in [3.8, 4) is 0 Å². The molecule has 0 bridgehead atoms. The lowest BCUT2D eigenvalue weighted by atomic mass is 10.1. The Morgan fingerprint density at radius 1 is 1.37 bits per heavy atom. The van der Waals surface area contributed by atoms with Crippen molar-refractivity contribution in [2.75, 3.05) is 0 Å². The molecule has 1 aromatic carbocycles. The summed E-state index contributed by atoms with van der Waals surface area (Å²) in [5.41, 5.74) is 2.03. The molecule has 3 rings (SSSR count). The summed E-state index contributed by atoms with van der Waals surface area (Å²) in [6.45, 7) is 0.570. The average molecular weight is 256 g/mol. The van der Waals surface area contributed by atoms with Crippen LogP contribution >= 0.6 is 0 Å². The second-order valence-electron chi connectivity index (χ2n) is 4.37. The molecule has 0 amide bonds. The van der Waals surface area contributed by atoms with E-state index in [4.69, 9.17) is 5.11 Å². The Kier molecular flexibility index (Phi) is 2.56. The van der Waals surface area contributed by atoms with Gasteiger partial charge in [0.2, 0.25) is 0 Å². The SMILES string of the molecule is Cn1cc(Cn2ccc3c(C(=O)O)cccc32)nn1. The number of hydrogen-bond donors (Lipinski definition) is 1. The summed E-state index contributed by atoms with van der Waals surface area (Å²) in [7, 11) is 1.81. The fraction of sp³-hybridized carbons (Fsp3) is 0.154. The van der Waals surface area contributed by atoms with Gasteiger partial charge in [0, 0.05) is 30.3 Å². The number of carbonyl (C=O) groups is 1. The van der Waals surface area contributed by atoms with Crippen LogP contribution < -0.4 is 0 Å². The van der Waals surface area contributed by atoms with E-state index in [0.717, 1.165) is 16.6 Å². The van der Waals surface area contributed by atoms with Gasteiger partial charge in [0.25, 0.3) is 0 Å². The lowest BCUT2D eigenvalue weighted by Crippen LogP contribution is -2.00. The highest BCUT2D eigenvalue weighted by Gasteiger charge is 2.11. The molecule has 6 nitrogen and oxygen atoms in total. The topological polar surface area (TPSA) is 72.9 Å². The van der Waals surface area contributed by atoms with Crippen LogP contribution in [-0.2, 0) is 13.6 Å². The van der Waals surface area contributed by atoms with Crippen molar-refractivity contribution in [1.82, 2.24) is 19.6 Å². The Balaban J connectivity index is 2.06. The molecule has 0 atom stereocenters. The number of nitrogens with zero attached hydrogens (tertiary/aromatic N) is 4. The molecule has 0 aliphatic heterocycles. The van der Waals surface area contributed by atoms with Crippen molar-refractivity contribution in [3.63, 3.8) is 0 Å². The molecule has 19 heavy (non-hydrogen) atoms. The number of aromatic carboxylic acids is 1. The maximum absolute atomic E-state index is 11.2. The van der Waals surface area contributed by atoms with Gasteiger partial charge in [0.1, 0.15) is 5.69 Å². The molecule has 2 aromatic heterocycles. The highest BCUT2D eigenvalue weighted by molar-refractivity contribution is 6.02. The van der Waals surface area contributed by atoms with E-state index in [1.165, 1.54) is 0 Å². The molecular weight excluding hydrogens is 244 g/mol. The predicted molar refractivity (Wildman–Crippen MR) is 69.0 cm³/mol. The minimum Gasteiger partial charge on any atom is -0.478 e. The Morgan fingerprint density at radius 3 is 2.89 bits per heavy atom. The Hall–Kier alpha value is -2.63. The van der Waals surface area contributed by atoms with Gasteiger partial charge < -0.3 is 9.67 Å². The number of carboxylic acids is 1. The standard InChI is InChI=1S/C13H12N4O2/c1-16-7-9(14-15-16)8-17-6-5-10-11(13(18)19)3-2-4-12(10)17/h2-7H,8H2,1H3,(H,18,19). The van der Waals surface area contributed by atoms with Crippen LogP contribution in [0.4, 0.5) is 0 Å². The molecule has 0 aliphatic rings. The van der Waals surface area contributed by atoms with Gasteiger partial charge in [-0.2, -0.15) is 0 Å². The van der Waals surface area contributed by atoms with E-state index in [1.54, 1.807) is 16.8 Å². The molecule has 2 heterocycles. The summed E-state index contributed by atoms with van der Waals surface area (Å²) in [6.07, 6.45) is 3.71. The van der Waals surface area contributed by atoms with Gasteiger partial charge >= 0.3 is 5.97 Å². The first kappa shape index (κ1) is 11.5.